The summed E-state index contributed by atoms with van der Waals surface area (Å²) in [4.78, 5) is 11.9. The Morgan fingerprint density at radius 2 is 1.95 bits per heavy atom. The van der Waals surface area contributed by atoms with E-state index in [2.05, 4.69) is 15.5 Å². The predicted octanol–water partition coefficient (Wildman–Crippen LogP) is 2.00. The van der Waals surface area contributed by atoms with Crippen LogP contribution in [0.3, 0.4) is 0 Å². The smallest absolute Gasteiger partial charge is 0.228 e. The molecule has 1 heterocycles. The molecule has 0 fully saturated rings. The first-order valence-electron chi connectivity index (χ1n) is 6.24. The number of nitrogens with one attached hydrogen (secondary N) is 2. The van der Waals surface area contributed by atoms with Crippen LogP contribution in [-0.4, -0.2) is 22.1 Å². The van der Waals surface area contributed by atoms with Crippen molar-refractivity contribution in [1.82, 2.24) is 10.2 Å². The van der Waals surface area contributed by atoms with E-state index in [0.29, 0.717) is 0 Å². The first kappa shape index (κ1) is 13.3. The summed E-state index contributed by atoms with van der Waals surface area (Å²) >= 11 is 0. The number of anilines is 1. The van der Waals surface area contributed by atoms with Crippen molar-refractivity contribution in [1.29, 1.82) is 0 Å². The summed E-state index contributed by atoms with van der Waals surface area (Å²) in [5.41, 5.74) is 8.44. The highest BCUT2D eigenvalue weighted by Gasteiger charge is 2.16. The number of hydrogen-bond donors (Lipinski definition) is 3. The minimum atomic E-state index is -0.215. The monoisotopic (exact) mass is 258 g/mol. The number of aromatic amines is 1. The predicted molar refractivity (Wildman–Crippen MR) is 75.5 cm³/mol. The maximum Gasteiger partial charge on any atom is 0.228 e. The molecule has 0 saturated heterocycles. The van der Waals surface area contributed by atoms with E-state index in [0.717, 1.165) is 16.9 Å². The number of amides is 1. The fourth-order valence-electron chi connectivity index (χ4n) is 1.64. The molecule has 0 aliphatic rings. The Hall–Kier alpha value is -2.14. The highest BCUT2D eigenvalue weighted by molar-refractivity contribution is 5.92. The lowest BCUT2D eigenvalue weighted by Crippen LogP contribution is -2.34. The van der Waals surface area contributed by atoms with Crippen molar-refractivity contribution in [3.8, 4) is 11.3 Å². The lowest BCUT2D eigenvalue weighted by Gasteiger charge is -2.15. The van der Waals surface area contributed by atoms with E-state index in [4.69, 9.17) is 5.73 Å². The Morgan fingerprint density at radius 3 is 2.47 bits per heavy atom. The van der Waals surface area contributed by atoms with Crippen LogP contribution in [-0.2, 0) is 4.79 Å². The van der Waals surface area contributed by atoms with Crippen molar-refractivity contribution in [2.24, 2.45) is 11.7 Å². The number of nitrogens with two attached hydrogens (primary N) is 1. The Morgan fingerprint density at radius 1 is 1.26 bits per heavy atom. The first-order chi connectivity index (χ1) is 9.08. The summed E-state index contributed by atoms with van der Waals surface area (Å²) in [5.74, 6) is -0.281. The largest absolute Gasteiger partial charge is 0.327 e. The van der Waals surface area contributed by atoms with Crippen LogP contribution in [0.1, 0.15) is 13.8 Å². The van der Waals surface area contributed by atoms with Crippen LogP contribution in [0.2, 0.25) is 0 Å². The molecule has 0 aliphatic heterocycles. The molecule has 0 spiro atoms. The van der Waals surface area contributed by atoms with Gasteiger partial charge in [0, 0.05) is 17.9 Å². The number of benzene rings is 1. The van der Waals surface area contributed by atoms with Crippen molar-refractivity contribution >= 4 is 11.6 Å². The average Bonchev–Trinajstić information content (AvgIpc) is 2.92. The molecule has 2 aromatic rings. The zero-order valence-corrected chi connectivity index (χ0v) is 11.1. The maximum atomic E-state index is 11.9. The minimum absolute atomic E-state index is 0.0655. The van der Waals surface area contributed by atoms with Gasteiger partial charge in [0.05, 0.1) is 11.6 Å². The number of carbonyl (C=O) groups excluding carboxylic acids is 1. The molecule has 0 bridgehead atoms. The number of carbonyl (C=O) groups is 1. The van der Waals surface area contributed by atoms with Gasteiger partial charge in [0.1, 0.15) is 0 Å². The summed E-state index contributed by atoms with van der Waals surface area (Å²) < 4.78 is 0. The molecular formula is C14H18N4O. The van der Waals surface area contributed by atoms with Crippen molar-refractivity contribution in [2.75, 3.05) is 5.32 Å². The number of nitrogens with zero attached hydrogens (tertiary/aromatic N) is 1. The Kier molecular flexibility index (Phi) is 3.97. The van der Waals surface area contributed by atoms with E-state index in [-0.39, 0.29) is 17.9 Å². The molecule has 2 rings (SSSR count). The van der Waals surface area contributed by atoms with E-state index >= 15 is 0 Å². The number of rotatable bonds is 4. The number of aromatic nitrogens is 2. The summed E-state index contributed by atoms with van der Waals surface area (Å²) in [6.45, 7) is 3.64. The molecule has 0 saturated carbocycles. The second-order valence-electron chi connectivity index (χ2n) is 4.68. The van der Waals surface area contributed by atoms with Gasteiger partial charge in [-0.2, -0.15) is 5.10 Å². The average molecular weight is 258 g/mol. The third-order valence-electron chi connectivity index (χ3n) is 3.17. The topological polar surface area (TPSA) is 83.8 Å². The third kappa shape index (κ3) is 3.20. The molecule has 19 heavy (non-hydrogen) atoms. The molecule has 1 amide bonds. The van der Waals surface area contributed by atoms with Crippen LogP contribution in [0.15, 0.2) is 36.5 Å². The summed E-state index contributed by atoms with van der Waals surface area (Å²) in [6.07, 6.45) is 1.70. The maximum absolute atomic E-state index is 11.9. The standard InChI is InChI=1S/C14H18N4O/c1-9(10(2)15)14(19)17-12-5-3-11(4-6-12)13-7-8-16-18-13/h3-10H,15H2,1-2H3,(H,16,18)(H,17,19). The fourth-order valence-corrected chi connectivity index (χ4v) is 1.64. The normalized spacial score (nSPS) is 13.8. The number of hydrogen-bond acceptors (Lipinski definition) is 3. The lowest BCUT2D eigenvalue weighted by atomic mass is 10.0. The molecule has 2 unspecified atom stereocenters. The van der Waals surface area contributed by atoms with Crippen LogP contribution in [0.25, 0.3) is 11.3 Å². The van der Waals surface area contributed by atoms with Crippen LogP contribution in [0.4, 0.5) is 5.69 Å². The van der Waals surface area contributed by atoms with Gasteiger partial charge in [-0.05, 0) is 30.7 Å². The van der Waals surface area contributed by atoms with Gasteiger partial charge in [0.25, 0.3) is 0 Å². The summed E-state index contributed by atoms with van der Waals surface area (Å²) in [6, 6.07) is 9.32. The molecule has 1 aromatic heterocycles. The van der Waals surface area contributed by atoms with Crippen molar-refractivity contribution in [3.05, 3.63) is 36.5 Å². The van der Waals surface area contributed by atoms with E-state index in [9.17, 15) is 4.79 Å². The van der Waals surface area contributed by atoms with E-state index in [1.807, 2.05) is 44.2 Å². The minimum Gasteiger partial charge on any atom is -0.327 e. The van der Waals surface area contributed by atoms with Crippen molar-refractivity contribution in [2.45, 2.75) is 19.9 Å². The van der Waals surface area contributed by atoms with Gasteiger partial charge in [0.15, 0.2) is 0 Å². The van der Waals surface area contributed by atoms with Crippen molar-refractivity contribution in [3.63, 3.8) is 0 Å². The molecule has 5 nitrogen and oxygen atoms in total. The van der Waals surface area contributed by atoms with Gasteiger partial charge in [-0.1, -0.05) is 19.1 Å². The van der Waals surface area contributed by atoms with Crippen LogP contribution in [0.5, 0.6) is 0 Å². The molecule has 1 aromatic carbocycles. The van der Waals surface area contributed by atoms with Gasteiger partial charge in [0.2, 0.25) is 5.91 Å². The second kappa shape index (κ2) is 5.67. The highest BCUT2D eigenvalue weighted by atomic mass is 16.1. The Balaban J connectivity index is 2.05. The third-order valence-corrected chi connectivity index (χ3v) is 3.17. The van der Waals surface area contributed by atoms with Gasteiger partial charge >= 0.3 is 0 Å². The second-order valence-corrected chi connectivity index (χ2v) is 4.68. The van der Waals surface area contributed by atoms with Gasteiger partial charge in [-0.15, -0.1) is 0 Å². The van der Waals surface area contributed by atoms with E-state index < -0.39 is 0 Å². The zero-order valence-electron chi connectivity index (χ0n) is 11.1. The number of H-pyrrole nitrogens is 1. The van der Waals surface area contributed by atoms with Crippen LogP contribution < -0.4 is 11.1 Å². The molecule has 4 N–H and O–H groups in total. The summed E-state index contributed by atoms with van der Waals surface area (Å²) in [7, 11) is 0. The first-order valence-corrected chi connectivity index (χ1v) is 6.24. The molecule has 5 heteroatoms. The van der Waals surface area contributed by atoms with Crippen LogP contribution in [0, 0.1) is 5.92 Å². The Labute approximate surface area is 112 Å². The van der Waals surface area contributed by atoms with Gasteiger partial charge < -0.3 is 11.1 Å². The molecule has 0 radical (unpaired) electrons. The Bertz CT molecular complexity index is 531. The molecule has 100 valence electrons. The SMILES string of the molecule is CC(N)C(C)C(=O)Nc1ccc(-c2ccn[nH]2)cc1. The fraction of sp³-hybridized carbons (Fsp3) is 0.286. The highest BCUT2D eigenvalue weighted by Crippen LogP contribution is 2.19. The summed E-state index contributed by atoms with van der Waals surface area (Å²) in [5, 5.41) is 9.65. The van der Waals surface area contributed by atoms with Gasteiger partial charge in [-0.3, -0.25) is 9.89 Å². The van der Waals surface area contributed by atoms with E-state index in [1.165, 1.54) is 0 Å². The lowest BCUT2D eigenvalue weighted by molar-refractivity contribution is -0.119. The van der Waals surface area contributed by atoms with Gasteiger partial charge in [-0.25, -0.2) is 0 Å². The molecule has 2 atom stereocenters. The van der Waals surface area contributed by atoms with Crippen molar-refractivity contribution < 1.29 is 4.79 Å². The zero-order chi connectivity index (χ0) is 13.8. The molecular weight excluding hydrogens is 240 g/mol. The quantitative estimate of drug-likeness (QED) is 0.784. The molecule has 0 aliphatic carbocycles. The van der Waals surface area contributed by atoms with Crippen LogP contribution >= 0.6 is 0 Å². The van der Waals surface area contributed by atoms with E-state index in [1.54, 1.807) is 6.20 Å².